The Hall–Kier alpha value is -2.99. The molecule has 1 amide bonds. The quantitative estimate of drug-likeness (QED) is 0.593. The molecule has 0 bridgehead atoms. The van der Waals surface area contributed by atoms with E-state index in [4.69, 9.17) is 21.1 Å². The van der Waals surface area contributed by atoms with Crippen molar-refractivity contribution in [3.8, 4) is 11.5 Å². The van der Waals surface area contributed by atoms with E-state index in [1.54, 1.807) is 25.8 Å². The number of hydrogen-bond donors (Lipinski definition) is 1. The van der Waals surface area contributed by atoms with E-state index in [-0.39, 0.29) is 11.9 Å². The number of methoxy groups -OCH3 is 2. The molecule has 1 N–H and O–H groups in total. The lowest BCUT2D eigenvalue weighted by Gasteiger charge is -2.16. The SMILES string of the molecule is COc1ccc(C(C)NC(=O)c2c(C)nn(Cc3ccc(C)cc3)c2Cl)cc1OC. The zero-order valence-corrected chi connectivity index (χ0v) is 18.6. The number of halogens is 1. The molecule has 0 radical (unpaired) electrons. The number of ether oxygens (including phenoxy) is 2. The highest BCUT2D eigenvalue weighted by Crippen LogP contribution is 2.30. The molecule has 1 heterocycles. The predicted molar refractivity (Wildman–Crippen MR) is 118 cm³/mol. The van der Waals surface area contributed by atoms with Crippen LogP contribution in [-0.4, -0.2) is 29.9 Å². The van der Waals surface area contributed by atoms with Crippen LogP contribution < -0.4 is 14.8 Å². The molecule has 1 aromatic heterocycles. The molecular weight excluding hydrogens is 402 g/mol. The number of hydrogen-bond acceptors (Lipinski definition) is 4. The van der Waals surface area contributed by atoms with Crippen molar-refractivity contribution in [2.24, 2.45) is 0 Å². The minimum Gasteiger partial charge on any atom is -0.493 e. The lowest BCUT2D eigenvalue weighted by Crippen LogP contribution is -2.27. The van der Waals surface area contributed by atoms with Gasteiger partial charge in [0.15, 0.2) is 11.5 Å². The van der Waals surface area contributed by atoms with Gasteiger partial charge in [-0.2, -0.15) is 5.10 Å². The van der Waals surface area contributed by atoms with Crippen LogP contribution in [0.5, 0.6) is 11.5 Å². The van der Waals surface area contributed by atoms with Gasteiger partial charge in [-0.05, 0) is 44.0 Å². The summed E-state index contributed by atoms with van der Waals surface area (Å²) in [5.74, 6) is 0.974. The topological polar surface area (TPSA) is 65.4 Å². The van der Waals surface area contributed by atoms with E-state index in [0.29, 0.717) is 34.5 Å². The third-order valence-electron chi connectivity index (χ3n) is 5.00. The average Bonchev–Trinajstić information content (AvgIpc) is 3.01. The van der Waals surface area contributed by atoms with Gasteiger partial charge in [-0.3, -0.25) is 4.79 Å². The van der Waals surface area contributed by atoms with Crippen molar-refractivity contribution >= 4 is 17.5 Å². The van der Waals surface area contributed by atoms with Gasteiger partial charge in [0.05, 0.1) is 38.1 Å². The maximum atomic E-state index is 13.0. The lowest BCUT2D eigenvalue weighted by molar-refractivity contribution is 0.0939. The van der Waals surface area contributed by atoms with Gasteiger partial charge in [0, 0.05) is 0 Å². The molecule has 30 heavy (non-hydrogen) atoms. The van der Waals surface area contributed by atoms with Crippen LogP contribution >= 0.6 is 11.6 Å². The molecule has 3 rings (SSSR count). The molecule has 1 atom stereocenters. The smallest absolute Gasteiger partial charge is 0.256 e. The van der Waals surface area contributed by atoms with Crippen molar-refractivity contribution in [3.63, 3.8) is 0 Å². The van der Waals surface area contributed by atoms with E-state index < -0.39 is 0 Å². The molecule has 3 aromatic rings. The van der Waals surface area contributed by atoms with E-state index >= 15 is 0 Å². The maximum absolute atomic E-state index is 13.0. The van der Waals surface area contributed by atoms with Crippen LogP contribution in [0.4, 0.5) is 0 Å². The summed E-state index contributed by atoms with van der Waals surface area (Å²) in [5.41, 5.74) is 4.11. The number of benzene rings is 2. The summed E-state index contributed by atoms with van der Waals surface area (Å²) < 4.78 is 12.3. The number of rotatable bonds is 7. The van der Waals surface area contributed by atoms with Gasteiger partial charge >= 0.3 is 0 Å². The maximum Gasteiger partial charge on any atom is 0.256 e. The fourth-order valence-electron chi connectivity index (χ4n) is 3.26. The molecule has 6 nitrogen and oxygen atoms in total. The summed E-state index contributed by atoms with van der Waals surface area (Å²) in [6.45, 7) is 6.22. The van der Waals surface area contributed by atoms with Gasteiger partial charge < -0.3 is 14.8 Å². The van der Waals surface area contributed by atoms with Crippen LogP contribution in [-0.2, 0) is 6.54 Å². The third-order valence-corrected chi connectivity index (χ3v) is 5.38. The highest BCUT2D eigenvalue weighted by molar-refractivity contribution is 6.33. The zero-order chi connectivity index (χ0) is 21.8. The average molecular weight is 428 g/mol. The van der Waals surface area contributed by atoms with Gasteiger partial charge in [-0.25, -0.2) is 4.68 Å². The Morgan fingerprint density at radius 1 is 1.10 bits per heavy atom. The fourth-order valence-corrected chi connectivity index (χ4v) is 3.58. The molecule has 0 saturated heterocycles. The zero-order valence-electron chi connectivity index (χ0n) is 17.8. The molecular formula is C23H26ClN3O3. The van der Waals surface area contributed by atoms with Crippen molar-refractivity contribution in [2.75, 3.05) is 14.2 Å². The van der Waals surface area contributed by atoms with Crippen molar-refractivity contribution in [2.45, 2.75) is 33.4 Å². The van der Waals surface area contributed by atoms with Crippen molar-refractivity contribution < 1.29 is 14.3 Å². The van der Waals surface area contributed by atoms with Crippen LogP contribution in [0.1, 0.15) is 45.7 Å². The Bertz CT molecular complexity index is 1040. The number of carbonyl (C=O) groups excluding carboxylic acids is 1. The summed E-state index contributed by atoms with van der Waals surface area (Å²) in [6.07, 6.45) is 0. The van der Waals surface area contributed by atoms with Gasteiger partial charge in [0.25, 0.3) is 5.91 Å². The molecule has 158 valence electrons. The Labute approximate surface area is 181 Å². The highest BCUT2D eigenvalue weighted by atomic mass is 35.5. The van der Waals surface area contributed by atoms with Crippen molar-refractivity contribution in [3.05, 3.63) is 75.6 Å². The first-order chi connectivity index (χ1) is 14.3. The largest absolute Gasteiger partial charge is 0.493 e. The van der Waals surface area contributed by atoms with Crippen LogP contribution in [0.15, 0.2) is 42.5 Å². The van der Waals surface area contributed by atoms with Gasteiger partial charge in [-0.15, -0.1) is 0 Å². The summed E-state index contributed by atoms with van der Waals surface area (Å²) in [4.78, 5) is 13.0. The summed E-state index contributed by atoms with van der Waals surface area (Å²) in [6, 6.07) is 13.4. The molecule has 0 aliphatic carbocycles. The molecule has 2 aromatic carbocycles. The van der Waals surface area contributed by atoms with E-state index in [1.807, 2.05) is 56.3 Å². The summed E-state index contributed by atoms with van der Waals surface area (Å²) in [5, 5.41) is 7.79. The van der Waals surface area contributed by atoms with E-state index in [1.165, 1.54) is 5.56 Å². The van der Waals surface area contributed by atoms with Crippen LogP contribution in [0.2, 0.25) is 5.15 Å². The van der Waals surface area contributed by atoms with Crippen molar-refractivity contribution in [1.82, 2.24) is 15.1 Å². The second kappa shape index (κ2) is 9.22. The summed E-state index contributed by atoms with van der Waals surface area (Å²) in [7, 11) is 3.16. The van der Waals surface area contributed by atoms with Crippen LogP contribution in [0, 0.1) is 13.8 Å². The second-order valence-corrected chi connectivity index (χ2v) is 7.56. The number of nitrogens with one attached hydrogen (secondary N) is 1. The number of amides is 1. The normalized spacial score (nSPS) is 11.8. The first-order valence-corrected chi connectivity index (χ1v) is 10.0. The minimum atomic E-state index is -0.269. The van der Waals surface area contributed by atoms with E-state index in [0.717, 1.165) is 11.1 Å². The standard InChI is InChI=1S/C23H26ClN3O3/c1-14-6-8-17(9-7-14)13-27-22(24)21(16(3)26-27)23(28)25-15(2)18-10-11-19(29-4)20(12-18)30-5/h6-12,15H,13H2,1-5H3,(H,25,28). The van der Waals surface area contributed by atoms with Gasteiger partial charge in [-0.1, -0.05) is 47.5 Å². The first-order valence-electron chi connectivity index (χ1n) is 9.65. The van der Waals surface area contributed by atoms with Gasteiger partial charge in [0.1, 0.15) is 5.15 Å². The Balaban J connectivity index is 1.78. The minimum absolute atomic E-state index is 0.256. The number of nitrogens with zero attached hydrogens (tertiary/aromatic N) is 2. The monoisotopic (exact) mass is 427 g/mol. The van der Waals surface area contributed by atoms with Crippen LogP contribution in [0.3, 0.4) is 0 Å². The molecule has 0 aliphatic rings. The molecule has 7 heteroatoms. The van der Waals surface area contributed by atoms with E-state index in [9.17, 15) is 4.79 Å². The Kier molecular flexibility index (Phi) is 6.67. The predicted octanol–water partition coefficient (Wildman–Crippen LogP) is 4.71. The van der Waals surface area contributed by atoms with Gasteiger partial charge in [0.2, 0.25) is 0 Å². The second-order valence-electron chi connectivity index (χ2n) is 7.20. The van der Waals surface area contributed by atoms with Crippen molar-refractivity contribution in [1.29, 1.82) is 0 Å². The Morgan fingerprint density at radius 3 is 2.40 bits per heavy atom. The molecule has 0 spiro atoms. The number of aromatic nitrogens is 2. The molecule has 0 saturated carbocycles. The molecule has 0 aliphatic heterocycles. The lowest BCUT2D eigenvalue weighted by atomic mass is 10.1. The van der Waals surface area contributed by atoms with E-state index in [2.05, 4.69) is 10.4 Å². The fraction of sp³-hybridized carbons (Fsp3) is 0.304. The number of aryl methyl sites for hydroxylation is 2. The summed E-state index contributed by atoms with van der Waals surface area (Å²) >= 11 is 6.53. The molecule has 1 unspecified atom stereocenters. The third kappa shape index (κ3) is 4.60. The number of carbonyl (C=O) groups is 1. The highest BCUT2D eigenvalue weighted by Gasteiger charge is 2.22. The first kappa shape index (κ1) is 21.7. The van der Waals surface area contributed by atoms with Crippen LogP contribution in [0.25, 0.3) is 0 Å². The Morgan fingerprint density at radius 2 is 1.77 bits per heavy atom. The molecule has 0 fully saturated rings.